The van der Waals surface area contributed by atoms with Crippen LogP contribution in [0.15, 0.2) is 29.2 Å². The molecule has 1 aromatic carbocycles. The van der Waals surface area contributed by atoms with Crippen LogP contribution in [-0.4, -0.2) is 55.4 Å². The minimum atomic E-state index is -3.62. The van der Waals surface area contributed by atoms with Crippen molar-refractivity contribution in [2.24, 2.45) is 5.73 Å². The molecule has 0 spiro atoms. The van der Waals surface area contributed by atoms with E-state index in [-0.39, 0.29) is 16.9 Å². The van der Waals surface area contributed by atoms with Crippen molar-refractivity contribution in [2.45, 2.75) is 56.9 Å². The van der Waals surface area contributed by atoms with Crippen molar-refractivity contribution in [2.75, 3.05) is 19.6 Å². The van der Waals surface area contributed by atoms with Crippen molar-refractivity contribution in [1.82, 2.24) is 9.62 Å². The first-order chi connectivity index (χ1) is 13.3. The number of nitrogens with zero attached hydrogens (tertiary/aromatic N) is 1. The van der Waals surface area contributed by atoms with Gasteiger partial charge in [0.15, 0.2) is 0 Å². The molecule has 0 radical (unpaired) electrons. The summed E-state index contributed by atoms with van der Waals surface area (Å²) in [6.45, 7) is 5.16. The molecule has 8 nitrogen and oxygen atoms in total. The molecule has 28 heavy (non-hydrogen) atoms. The van der Waals surface area contributed by atoms with Crippen LogP contribution in [0.2, 0.25) is 0 Å². The average Bonchev–Trinajstić information content (AvgIpc) is 2.67. The number of carbonyl (C=O) groups is 2. The van der Waals surface area contributed by atoms with E-state index in [9.17, 15) is 23.1 Å². The number of nitrogens with one attached hydrogen (secondary N) is 1. The van der Waals surface area contributed by atoms with E-state index in [0.29, 0.717) is 45.3 Å². The third-order valence-electron chi connectivity index (χ3n) is 4.25. The highest BCUT2D eigenvalue weighted by molar-refractivity contribution is 7.89. The van der Waals surface area contributed by atoms with Gasteiger partial charge in [-0.1, -0.05) is 13.8 Å². The molecule has 0 aliphatic heterocycles. The summed E-state index contributed by atoms with van der Waals surface area (Å²) in [5.74, 6) is -1.66. The van der Waals surface area contributed by atoms with Gasteiger partial charge in [0.25, 0.3) is 5.91 Å². The normalized spacial score (nSPS) is 12.7. The maximum absolute atomic E-state index is 12.7. The molecule has 0 fully saturated rings. The summed E-state index contributed by atoms with van der Waals surface area (Å²) >= 11 is 0. The molecule has 0 aliphatic rings. The van der Waals surface area contributed by atoms with Crippen molar-refractivity contribution in [3.05, 3.63) is 29.8 Å². The highest BCUT2D eigenvalue weighted by Crippen LogP contribution is 2.17. The van der Waals surface area contributed by atoms with Gasteiger partial charge in [0, 0.05) is 18.7 Å². The smallest absolute Gasteiger partial charge is 0.326 e. The van der Waals surface area contributed by atoms with Crippen molar-refractivity contribution >= 4 is 21.9 Å². The number of hydrogen-bond acceptors (Lipinski definition) is 5. The highest BCUT2D eigenvalue weighted by Gasteiger charge is 2.24. The minimum absolute atomic E-state index is 0.115. The molecule has 1 amide bonds. The Morgan fingerprint density at radius 2 is 1.68 bits per heavy atom. The van der Waals surface area contributed by atoms with Crippen LogP contribution in [-0.2, 0) is 14.8 Å². The van der Waals surface area contributed by atoms with E-state index in [1.165, 1.54) is 28.6 Å². The Morgan fingerprint density at radius 1 is 1.11 bits per heavy atom. The van der Waals surface area contributed by atoms with Crippen LogP contribution in [0, 0.1) is 0 Å². The van der Waals surface area contributed by atoms with E-state index >= 15 is 0 Å². The lowest BCUT2D eigenvalue weighted by molar-refractivity contribution is -0.139. The van der Waals surface area contributed by atoms with Crippen molar-refractivity contribution in [3.63, 3.8) is 0 Å². The fourth-order valence-corrected chi connectivity index (χ4v) is 4.39. The lowest BCUT2D eigenvalue weighted by Gasteiger charge is -2.21. The molecular formula is C19H31N3O5S. The predicted molar refractivity (Wildman–Crippen MR) is 108 cm³/mol. The van der Waals surface area contributed by atoms with Gasteiger partial charge in [0.05, 0.1) is 4.90 Å². The van der Waals surface area contributed by atoms with Crippen LogP contribution in [0.1, 0.15) is 56.3 Å². The van der Waals surface area contributed by atoms with E-state index in [1.54, 1.807) is 0 Å². The van der Waals surface area contributed by atoms with Gasteiger partial charge >= 0.3 is 5.97 Å². The Morgan fingerprint density at radius 3 is 2.14 bits per heavy atom. The Labute approximate surface area is 167 Å². The van der Waals surface area contributed by atoms with Crippen LogP contribution in [0.5, 0.6) is 0 Å². The van der Waals surface area contributed by atoms with E-state index in [4.69, 9.17) is 5.73 Å². The number of rotatable bonds is 13. The molecule has 0 saturated heterocycles. The van der Waals surface area contributed by atoms with Gasteiger partial charge in [-0.25, -0.2) is 13.2 Å². The molecule has 9 heteroatoms. The number of nitrogens with two attached hydrogens (primary N) is 1. The van der Waals surface area contributed by atoms with E-state index in [0.717, 1.165) is 0 Å². The van der Waals surface area contributed by atoms with Gasteiger partial charge in [0.1, 0.15) is 6.04 Å². The van der Waals surface area contributed by atoms with E-state index < -0.39 is 27.9 Å². The minimum Gasteiger partial charge on any atom is -0.480 e. The lowest BCUT2D eigenvalue weighted by atomic mass is 10.1. The summed E-state index contributed by atoms with van der Waals surface area (Å²) in [4.78, 5) is 23.8. The largest absolute Gasteiger partial charge is 0.480 e. The van der Waals surface area contributed by atoms with Crippen molar-refractivity contribution < 1.29 is 23.1 Å². The molecule has 0 aliphatic carbocycles. The summed E-state index contributed by atoms with van der Waals surface area (Å²) in [7, 11) is -3.62. The Hall–Kier alpha value is -1.97. The molecule has 158 valence electrons. The third kappa shape index (κ3) is 6.88. The van der Waals surface area contributed by atoms with E-state index in [2.05, 4.69) is 5.32 Å². The quantitative estimate of drug-likeness (QED) is 0.423. The fourth-order valence-electron chi connectivity index (χ4n) is 2.77. The molecule has 4 N–H and O–H groups in total. The first kappa shape index (κ1) is 24.1. The second-order valence-corrected chi connectivity index (χ2v) is 8.52. The van der Waals surface area contributed by atoms with Crippen LogP contribution < -0.4 is 11.1 Å². The third-order valence-corrected chi connectivity index (χ3v) is 6.16. The number of carboxylic acids is 1. The average molecular weight is 414 g/mol. The monoisotopic (exact) mass is 413 g/mol. The Kier molecular flexibility index (Phi) is 10.1. The Bertz CT molecular complexity index is 728. The molecule has 1 aromatic rings. The van der Waals surface area contributed by atoms with Gasteiger partial charge in [-0.3, -0.25) is 4.79 Å². The second kappa shape index (κ2) is 11.8. The van der Waals surface area contributed by atoms with Crippen LogP contribution in [0.3, 0.4) is 0 Å². The summed E-state index contributed by atoms with van der Waals surface area (Å²) < 4.78 is 26.9. The van der Waals surface area contributed by atoms with Gasteiger partial charge in [0.2, 0.25) is 10.0 Å². The molecule has 0 unspecified atom stereocenters. The zero-order valence-corrected chi connectivity index (χ0v) is 17.4. The number of sulfonamides is 1. The maximum atomic E-state index is 12.7. The number of amides is 1. The van der Waals surface area contributed by atoms with Gasteiger partial charge in [-0.2, -0.15) is 4.31 Å². The zero-order chi connectivity index (χ0) is 21.2. The number of benzene rings is 1. The van der Waals surface area contributed by atoms with Crippen LogP contribution >= 0.6 is 0 Å². The first-order valence-electron chi connectivity index (χ1n) is 9.61. The molecule has 0 saturated carbocycles. The van der Waals surface area contributed by atoms with Gasteiger partial charge in [-0.15, -0.1) is 0 Å². The second-order valence-electron chi connectivity index (χ2n) is 6.58. The van der Waals surface area contributed by atoms with Crippen molar-refractivity contribution in [1.29, 1.82) is 0 Å². The summed E-state index contributed by atoms with van der Waals surface area (Å²) in [5, 5.41) is 11.7. The standard InChI is InChI=1S/C19H31N3O5S/c1-3-13-22(14-4-2)28(26,27)16-10-8-15(9-11-16)18(23)21-17(19(24)25)7-5-6-12-20/h8-11,17H,3-7,12-14,20H2,1-2H3,(H,21,23)(H,24,25)/t17-/m0/s1. The Balaban J connectivity index is 2.90. The molecule has 0 aromatic heterocycles. The van der Waals surface area contributed by atoms with Crippen LogP contribution in [0.25, 0.3) is 0 Å². The maximum Gasteiger partial charge on any atom is 0.326 e. The summed E-state index contributed by atoms with van der Waals surface area (Å²) in [6.07, 6.45) is 2.97. The number of hydrogen-bond donors (Lipinski definition) is 3. The molecule has 1 rings (SSSR count). The molecular weight excluding hydrogens is 382 g/mol. The SMILES string of the molecule is CCCN(CCC)S(=O)(=O)c1ccc(C(=O)N[C@@H](CCCCN)C(=O)O)cc1. The molecule has 0 bridgehead atoms. The summed E-state index contributed by atoms with van der Waals surface area (Å²) in [6, 6.07) is 4.56. The van der Waals surface area contributed by atoms with Gasteiger partial charge < -0.3 is 16.2 Å². The van der Waals surface area contributed by atoms with Gasteiger partial charge in [-0.05, 0) is 62.9 Å². The lowest BCUT2D eigenvalue weighted by Crippen LogP contribution is -2.40. The summed E-state index contributed by atoms with van der Waals surface area (Å²) in [5.41, 5.74) is 5.61. The fraction of sp³-hybridized carbons (Fsp3) is 0.579. The predicted octanol–water partition coefficient (Wildman–Crippen LogP) is 1.81. The zero-order valence-electron chi connectivity index (χ0n) is 16.6. The van der Waals surface area contributed by atoms with Crippen molar-refractivity contribution in [3.8, 4) is 0 Å². The van der Waals surface area contributed by atoms with Crippen LogP contribution in [0.4, 0.5) is 0 Å². The number of aliphatic carboxylic acids is 1. The number of carbonyl (C=O) groups excluding carboxylic acids is 1. The number of carboxylic acid groups (broad SMARTS) is 1. The highest BCUT2D eigenvalue weighted by atomic mass is 32.2. The topological polar surface area (TPSA) is 130 Å². The number of unbranched alkanes of at least 4 members (excludes halogenated alkanes) is 1. The first-order valence-corrected chi connectivity index (χ1v) is 11.1. The van der Waals surface area contributed by atoms with E-state index in [1.807, 2.05) is 13.8 Å². The molecule has 1 atom stereocenters. The molecule has 0 heterocycles.